The molecule has 1 aliphatic heterocycles. The number of aliphatic hydroxyl groups is 1. The van der Waals surface area contributed by atoms with E-state index in [-0.39, 0.29) is 40.4 Å². The summed E-state index contributed by atoms with van der Waals surface area (Å²) in [5.41, 5.74) is -1.31. The van der Waals surface area contributed by atoms with E-state index in [9.17, 15) is 18.7 Å². The molecule has 0 aliphatic carbocycles. The van der Waals surface area contributed by atoms with E-state index in [4.69, 9.17) is 14.2 Å². The van der Waals surface area contributed by atoms with Crippen LogP contribution in [0.1, 0.15) is 30.3 Å². The van der Waals surface area contributed by atoms with E-state index in [0.29, 0.717) is 24.7 Å². The van der Waals surface area contributed by atoms with E-state index in [2.05, 4.69) is 15.0 Å². The third-order valence-electron chi connectivity index (χ3n) is 7.05. The van der Waals surface area contributed by atoms with E-state index in [0.717, 1.165) is 29.7 Å². The van der Waals surface area contributed by atoms with Gasteiger partial charge in [0, 0.05) is 49.2 Å². The van der Waals surface area contributed by atoms with E-state index in [1.54, 1.807) is 13.0 Å². The first-order valence-electron chi connectivity index (χ1n) is 13.6. The molecule has 2 aromatic carbocycles. The van der Waals surface area contributed by atoms with Gasteiger partial charge in [0.1, 0.15) is 41.2 Å². The summed E-state index contributed by atoms with van der Waals surface area (Å²) in [6.45, 7) is -0.395. The van der Waals surface area contributed by atoms with E-state index < -0.39 is 35.6 Å². The quantitative estimate of drug-likeness (QED) is 0.177. The first kappa shape index (κ1) is 30.9. The van der Waals surface area contributed by atoms with Crippen LogP contribution in [0, 0.1) is 18.6 Å². The minimum absolute atomic E-state index is 0.0643. The molecule has 234 valence electrons. The van der Waals surface area contributed by atoms with Gasteiger partial charge in [-0.2, -0.15) is 13.5 Å². The number of nitrogens with one attached hydrogen (secondary N) is 1. The van der Waals surface area contributed by atoms with Crippen LogP contribution in [0.5, 0.6) is 17.2 Å². The van der Waals surface area contributed by atoms with Gasteiger partial charge in [0.2, 0.25) is 0 Å². The van der Waals surface area contributed by atoms with Crippen molar-refractivity contribution in [3.63, 3.8) is 0 Å². The number of alkyl halides is 2. The van der Waals surface area contributed by atoms with Crippen LogP contribution >= 0.6 is 0 Å². The smallest absolute Gasteiger partial charge is 0.387 e. The second-order valence-corrected chi connectivity index (χ2v) is 10.1. The number of hydrogen-bond acceptors (Lipinski definition) is 8. The Labute approximate surface area is 249 Å². The third-order valence-corrected chi connectivity index (χ3v) is 7.05. The fourth-order valence-electron chi connectivity index (χ4n) is 5.00. The molecule has 2 aromatic heterocycles. The van der Waals surface area contributed by atoms with Crippen molar-refractivity contribution in [3.05, 3.63) is 81.8 Å². The number of aryl methyl sites for hydroxylation is 1. The van der Waals surface area contributed by atoms with Crippen LogP contribution < -0.4 is 25.1 Å². The zero-order chi connectivity index (χ0) is 31.5. The Morgan fingerprint density at radius 3 is 2.41 bits per heavy atom. The van der Waals surface area contributed by atoms with Gasteiger partial charge < -0.3 is 29.4 Å². The normalized spacial score (nSPS) is 15.4. The maximum absolute atomic E-state index is 15.4. The third kappa shape index (κ3) is 6.50. The van der Waals surface area contributed by atoms with Crippen molar-refractivity contribution in [2.75, 3.05) is 25.6 Å². The Bertz CT molecular complexity index is 1660. The monoisotopic (exact) mass is 618 g/mol. The number of aromatic nitrogens is 3. The molecule has 0 radical (unpaired) electrons. The molecule has 0 amide bonds. The molecule has 2 atom stereocenters. The van der Waals surface area contributed by atoms with Gasteiger partial charge in [-0.05, 0) is 31.9 Å². The van der Waals surface area contributed by atoms with Crippen molar-refractivity contribution in [2.24, 2.45) is 7.05 Å². The summed E-state index contributed by atoms with van der Waals surface area (Å²) in [6.07, 6.45) is 0.128. The SMILES string of the molecule is COc1cc(F)c(-c2c(NC(O)c3ccc(OC(F)F)cc3)c(=O)n(-c3cc(OCC4CCCO4)cc(C)n3)n2C)c(F)c1. The lowest BCUT2D eigenvalue weighted by molar-refractivity contribution is -0.0498. The molecule has 10 nitrogen and oxygen atoms in total. The summed E-state index contributed by atoms with van der Waals surface area (Å²) < 4.78 is 79.1. The maximum atomic E-state index is 15.4. The first-order chi connectivity index (χ1) is 21.0. The molecule has 2 N–H and O–H groups in total. The van der Waals surface area contributed by atoms with Crippen LogP contribution in [0.4, 0.5) is 23.2 Å². The van der Waals surface area contributed by atoms with Crippen molar-refractivity contribution in [1.82, 2.24) is 14.3 Å². The molecule has 1 fully saturated rings. The van der Waals surface area contributed by atoms with Gasteiger partial charge in [-0.25, -0.2) is 13.8 Å². The molecule has 5 rings (SSSR count). The lowest BCUT2D eigenvalue weighted by atomic mass is 10.1. The summed E-state index contributed by atoms with van der Waals surface area (Å²) in [6, 6.07) is 10.1. The predicted molar refractivity (Wildman–Crippen MR) is 152 cm³/mol. The molecule has 0 saturated carbocycles. The Kier molecular flexibility index (Phi) is 9.11. The zero-order valence-electron chi connectivity index (χ0n) is 24.0. The summed E-state index contributed by atoms with van der Waals surface area (Å²) in [7, 11) is 2.66. The Morgan fingerprint density at radius 2 is 1.80 bits per heavy atom. The summed E-state index contributed by atoms with van der Waals surface area (Å²) >= 11 is 0. The molecule has 1 aliphatic rings. The second-order valence-electron chi connectivity index (χ2n) is 10.1. The van der Waals surface area contributed by atoms with Crippen LogP contribution in [0.2, 0.25) is 0 Å². The molecule has 4 aromatic rings. The number of hydrogen-bond donors (Lipinski definition) is 2. The zero-order valence-corrected chi connectivity index (χ0v) is 24.0. The molecule has 44 heavy (non-hydrogen) atoms. The number of halogens is 4. The molecule has 2 unspecified atom stereocenters. The number of nitrogens with zero attached hydrogens (tertiary/aromatic N) is 3. The van der Waals surface area contributed by atoms with Crippen LogP contribution in [0.25, 0.3) is 17.1 Å². The lowest BCUT2D eigenvalue weighted by Crippen LogP contribution is -2.23. The van der Waals surface area contributed by atoms with Crippen LogP contribution in [-0.2, 0) is 11.8 Å². The molecule has 3 heterocycles. The van der Waals surface area contributed by atoms with Crippen LogP contribution in [-0.4, -0.2) is 52.5 Å². The Morgan fingerprint density at radius 1 is 1.09 bits per heavy atom. The average Bonchev–Trinajstić information content (AvgIpc) is 3.58. The predicted octanol–water partition coefficient (Wildman–Crippen LogP) is 5.10. The highest BCUT2D eigenvalue weighted by atomic mass is 19.3. The minimum Gasteiger partial charge on any atom is -0.497 e. The highest BCUT2D eigenvalue weighted by Crippen LogP contribution is 2.35. The number of ether oxygens (including phenoxy) is 4. The van der Waals surface area contributed by atoms with Gasteiger partial charge in [-0.15, -0.1) is 0 Å². The minimum atomic E-state index is -3.04. The molecule has 14 heteroatoms. The Hall–Kier alpha value is -4.56. The van der Waals surface area contributed by atoms with Crippen molar-refractivity contribution in [1.29, 1.82) is 0 Å². The molecule has 1 saturated heterocycles. The van der Waals surface area contributed by atoms with Gasteiger partial charge >= 0.3 is 6.61 Å². The number of rotatable bonds is 11. The number of pyridine rings is 1. The van der Waals surface area contributed by atoms with Crippen LogP contribution in [0.15, 0.2) is 53.3 Å². The van der Waals surface area contributed by atoms with Gasteiger partial charge in [0.15, 0.2) is 12.0 Å². The molecule has 0 bridgehead atoms. The molecular formula is C30H30F4N4O6. The number of methoxy groups -OCH3 is 1. The van der Waals surface area contributed by atoms with Crippen molar-refractivity contribution in [2.45, 2.75) is 38.7 Å². The van der Waals surface area contributed by atoms with Gasteiger partial charge in [0.25, 0.3) is 5.56 Å². The fourth-order valence-corrected chi connectivity index (χ4v) is 5.00. The lowest BCUT2D eigenvalue weighted by Gasteiger charge is -2.16. The van der Waals surface area contributed by atoms with Gasteiger partial charge in [-0.1, -0.05) is 12.1 Å². The number of anilines is 1. The molecular weight excluding hydrogens is 588 g/mol. The standard InChI is InChI=1S/C30H30F4N4O6/c1-16-11-21(43-15-19-5-4-10-42-19)14-24(35-16)38-29(40)26(36-28(39)17-6-8-18(9-7-17)44-30(33)34)27(37(38)2)25-22(31)12-20(41-3)13-23(25)32/h6-9,11-14,19,28,30,36,39H,4-5,10,15H2,1-3H3. The van der Waals surface area contributed by atoms with E-state index in [1.807, 2.05) is 0 Å². The summed E-state index contributed by atoms with van der Waals surface area (Å²) in [4.78, 5) is 18.4. The van der Waals surface area contributed by atoms with Crippen molar-refractivity contribution < 1.29 is 41.6 Å². The highest BCUT2D eigenvalue weighted by molar-refractivity contribution is 5.76. The van der Waals surface area contributed by atoms with E-state index >= 15 is 8.78 Å². The highest BCUT2D eigenvalue weighted by Gasteiger charge is 2.28. The topological polar surface area (TPSA) is 109 Å². The Balaban J connectivity index is 1.59. The van der Waals surface area contributed by atoms with E-state index in [1.165, 1.54) is 49.2 Å². The summed E-state index contributed by atoms with van der Waals surface area (Å²) in [5.74, 6) is -1.80. The maximum Gasteiger partial charge on any atom is 0.387 e. The first-order valence-corrected chi connectivity index (χ1v) is 13.6. The van der Waals surface area contributed by atoms with Gasteiger partial charge in [0.05, 0.1) is 24.5 Å². The largest absolute Gasteiger partial charge is 0.497 e. The second kappa shape index (κ2) is 13.0. The number of aliphatic hydroxyl groups excluding tert-OH is 1. The van der Waals surface area contributed by atoms with Gasteiger partial charge in [-0.3, -0.25) is 9.48 Å². The fraction of sp³-hybridized carbons (Fsp3) is 0.333. The number of benzene rings is 2. The molecule has 0 spiro atoms. The summed E-state index contributed by atoms with van der Waals surface area (Å²) in [5, 5.41) is 13.6. The van der Waals surface area contributed by atoms with Crippen LogP contribution in [0.3, 0.4) is 0 Å². The average molecular weight is 619 g/mol. The van der Waals surface area contributed by atoms with Crippen molar-refractivity contribution >= 4 is 5.69 Å². The van der Waals surface area contributed by atoms with Crippen molar-refractivity contribution in [3.8, 4) is 34.3 Å².